The Balaban J connectivity index is 1.51. The van der Waals surface area contributed by atoms with Gasteiger partial charge in [-0.2, -0.15) is 18.3 Å². The van der Waals surface area contributed by atoms with Crippen LogP contribution in [-0.2, 0) is 12.8 Å². The number of carbonyl (C=O) groups excluding carboxylic acids is 1. The van der Waals surface area contributed by atoms with Crippen molar-refractivity contribution in [3.8, 4) is 16.8 Å². The van der Waals surface area contributed by atoms with Crippen LogP contribution in [0.5, 0.6) is 0 Å². The number of nitrogens with two attached hydrogens (primary N) is 1. The summed E-state index contributed by atoms with van der Waals surface area (Å²) in [6, 6.07) is 15.6. The van der Waals surface area contributed by atoms with E-state index in [1.165, 1.54) is 30.3 Å². The van der Waals surface area contributed by atoms with Crippen LogP contribution in [0.2, 0.25) is 0 Å². The number of nitrogens with zero attached hydrogens (tertiary/aromatic N) is 3. The lowest BCUT2D eigenvalue weighted by atomic mass is 9.99. The first kappa shape index (κ1) is 24.0. The molecule has 188 valence electrons. The van der Waals surface area contributed by atoms with Crippen LogP contribution in [0, 0.1) is 5.82 Å². The molecule has 0 spiro atoms. The van der Waals surface area contributed by atoms with E-state index in [-0.39, 0.29) is 23.8 Å². The zero-order valence-electron chi connectivity index (χ0n) is 18.8. The van der Waals surface area contributed by atoms with Gasteiger partial charge in [0.15, 0.2) is 17.1 Å². The number of fused-ring (bicyclic) bond motifs is 1. The van der Waals surface area contributed by atoms with Crippen LogP contribution < -0.4 is 11.1 Å². The van der Waals surface area contributed by atoms with E-state index in [2.05, 4.69) is 15.6 Å². The molecule has 0 saturated heterocycles. The Bertz CT molecular complexity index is 1640. The number of carbonyl (C=O) groups is 1. The van der Waals surface area contributed by atoms with Crippen LogP contribution >= 0.6 is 0 Å². The van der Waals surface area contributed by atoms with E-state index in [0.29, 0.717) is 33.7 Å². The van der Waals surface area contributed by atoms with E-state index in [0.717, 1.165) is 10.7 Å². The molecule has 12 heteroatoms. The Kier molecular flexibility index (Phi) is 5.88. The number of alkyl halides is 3. The maximum absolute atomic E-state index is 14.9. The molecule has 0 aliphatic heterocycles. The van der Waals surface area contributed by atoms with Gasteiger partial charge in [-0.15, -0.1) is 0 Å². The number of hydrogen-bond acceptors (Lipinski definition) is 6. The van der Waals surface area contributed by atoms with Gasteiger partial charge < -0.3 is 20.7 Å². The van der Waals surface area contributed by atoms with Crippen molar-refractivity contribution in [2.45, 2.75) is 12.8 Å². The molecule has 0 saturated carbocycles. The first-order valence-electron chi connectivity index (χ1n) is 10.8. The highest BCUT2D eigenvalue weighted by molar-refractivity contribution is 6.04. The largest absolute Gasteiger partial charge is 0.435 e. The molecule has 2 aromatic heterocycles. The topological polar surface area (TPSA) is 119 Å². The van der Waals surface area contributed by atoms with Crippen LogP contribution in [0.3, 0.4) is 0 Å². The van der Waals surface area contributed by atoms with Crippen LogP contribution in [0.4, 0.5) is 29.1 Å². The standard InChI is InChI=1S/C25H17F4N5O3/c26-18-9-13(16-4-2-1-3-14(16)12-35)5-7-19(18)31-24(36)20-11-22(25(27,28)29)32-34(20)15-6-8-21-17(10-15)23(30)33-37-21/h1-11,35H,12H2,(H2,30,33)(H,31,36). The quantitative estimate of drug-likeness (QED) is 0.280. The van der Waals surface area contributed by atoms with Crippen molar-refractivity contribution in [2.24, 2.45) is 0 Å². The predicted octanol–water partition coefficient (Wildman–Crippen LogP) is 5.17. The summed E-state index contributed by atoms with van der Waals surface area (Å²) in [7, 11) is 0. The number of anilines is 2. The van der Waals surface area contributed by atoms with Crippen molar-refractivity contribution >= 4 is 28.4 Å². The van der Waals surface area contributed by atoms with Crippen molar-refractivity contribution in [3.63, 3.8) is 0 Å². The second kappa shape index (κ2) is 9.06. The van der Waals surface area contributed by atoms with Gasteiger partial charge in [-0.3, -0.25) is 4.79 Å². The van der Waals surface area contributed by atoms with Gasteiger partial charge in [0.25, 0.3) is 5.91 Å². The Morgan fingerprint density at radius 3 is 2.59 bits per heavy atom. The van der Waals surface area contributed by atoms with Crippen LogP contribution in [0.25, 0.3) is 27.8 Å². The minimum Gasteiger partial charge on any atom is -0.392 e. The molecular weight excluding hydrogens is 494 g/mol. The van der Waals surface area contributed by atoms with Crippen LogP contribution in [-0.4, -0.2) is 26.0 Å². The van der Waals surface area contributed by atoms with Crippen molar-refractivity contribution in [1.29, 1.82) is 0 Å². The first-order chi connectivity index (χ1) is 17.7. The zero-order valence-corrected chi connectivity index (χ0v) is 18.8. The Morgan fingerprint density at radius 1 is 1.08 bits per heavy atom. The first-order valence-corrected chi connectivity index (χ1v) is 10.8. The number of rotatable bonds is 5. The molecule has 5 aromatic rings. The number of aliphatic hydroxyl groups is 1. The van der Waals surface area contributed by atoms with Gasteiger partial charge in [-0.05, 0) is 47.0 Å². The summed E-state index contributed by atoms with van der Waals surface area (Å²) in [5, 5.41) is 19.3. The molecule has 0 unspecified atom stereocenters. The highest BCUT2D eigenvalue weighted by atomic mass is 19.4. The fourth-order valence-electron chi connectivity index (χ4n) is 3.87. The Labute approximate surface area is 205 Å². The molecule has 0 bridgehead atoms. The van der Waals surface area contributed by atoms with Gasteiger partial charge in [0, 0.05) is 6.07 Å². The summed E-state index contributed by atoms with van der Waals surface area (Å²) in [6.45, 7) is -0.256. The Hall–Kier alpha value is -4.71. The SMILES string of the molecule is Nc1noc2ccc(-n3nc(C(F)(F)F)cc3C(=O)Nc3ccc(-c4ccccc4CO)cc3F)cc12. The summed E-state index contributed by atoms with van der Waals surface area (Å²) >= 11 is 0. The van der Waals surface area contributed by atoms with Crippen molar-refractivity contribution in [3.05, 3.63) is 89.5 Å². The van der Waals surface area contributed by atoms with Gasteiger partial charge in [0.05, 0.1) is 23.4 Å². The summed E-state index contributed by atoms with van der Waals surface area (Å²) < 4.78 is 61.1. The zero-order chi connectivity index (χ0) is 26.3. The second-order valence-corrected chi connectivity index (χ2v) is 8.04. The average Bonchev–Trinajstić information content (AvgIpc) is 3.49. The second-order valence-electron chi connectivity index (χ2n) is 8.04. The normalized spacial score (nSPS) is 11.7. The number of nitrogens with one attached hydrogen (secondary N) is 1. The highest BCUT2D eigenvalue weighted by Crippen LogP contribution is 2.32. The summed E-state index contributed by atoms with van der Waals surface area (Å²) in [5.74, 6) is -1.83. The summed E-state index contributed by atoms with van der Waals surface area (Å²) in [6.07, 6.45) is -4.84. The minimum atomic E-state index is -4.84. The van der Waals surface area contributed by atoms with Crippen molar-refractivity contribution in [2.75, 3.05) is 11.1 Å². The molecule has 0 aliphatic carbocycles. The number of hydrogen-bond donors (Lipinski definition) is 3. The van der Waals surface area contributed by atoms with Crippen LogP contribution in [0.15, 0.2) is 71.3 Å². The maximum atomic E-state index is 14.9. The molecule has 0 radical (unpaired) electrons. The van der Waals surface area contributed by atoms with E-state index in [4.69, 9.17) is 10.3 Å². The van der Waals surface area contributed by atoms with E-state index in [9.17, 15) is 27.5 Å². The molecule has 4 N–H and O–H groups in total. The van der Waals surface area contributed by atoms with E-state index in [1.807, 2.05) is 0 Å². The minimum absolute atomic E-state index is 0.0102. The van der Waals surface area contributed by atoms with E-state index < -0.39 is 29.3 Å². The third-order valence-electron chi connectivity index (χ3n) is 5.67. The molecule has 0 fully saturated rings. The number of nitrogen functional groups attached to an aromatic ring is 1. The maximum Gasteiger partial charge on any atom is 0.435 e. The van der Waals surface area contributed by atoms with Crippen molar-refractivity contribution < 1.29 is 32.0 Å². The smallest absolute Gasteiger partial charge is 0.392 e. The molecule has 0 atom stereocenters. The molecule has 8 nitrogen and oxygen atoms in total. The van der Waals surface area contributed by atoms with Gasteiger partial charge >= 0.3 is 6.18 Å². The van der Waals surface area contributed by atoms with Gasteiger partial charge in [-0.1, -0.05) is 35.5 Å². The van der Waals surface area contributed by atoms with Crippen molar-refractivity contribution in [1.82, 2.24) is 14.9 Å². The van der Waals surface area contributed by atoms with Crippen LogP contribution in [0.1, 0.15) is 21.7 Å². The van der Waals surface area contributed by atoms with Gasteiger partial charge in [0.2, 0.25) is 0 Å². The monoisotopic (exact) mass is 511 g/mol. The summed E-state index contributed by atoms with van der Waals surface area (Å²) in [4.78, 5) is 13.0. The number of benzene rings is 3. The van der Waals surface area contributed by atoms with E-state index >= 15 is 0 Å². The van der Waals surface area contributed by atoms with Gasteiger partial charge in [-0.25, -0.2) is 9.07 Å². The Morgan fingerprint density at radius 2 is 1.86 bits per heavy atom. The fourth-order valence-corrected chi connectivity index (χ4v) is 3.87. The molecule has 37 heavy (non-hydrogen) atoms. The number of amides is 1. The lowest BCUT2D eigenvalue weighted by molar-refractivity contribution is -0.141. The molecule has 5 rings (SSSR count). The number of halogens is 4. The fraction of sp³-hybridized carbons (Fsp3) is 0.0800. The molecule has 1 amide bonds. The predicted molar refractivity (Wildman–Crippen MR) is 126 cm³/mol. The van der Waals surface area contributed by atoms with Gasteiger partial charge in [0.1, 0.15) is 11.5 Å². The third kappa shape index (κ3) is 4.49. The lowest BCUT2D eigenvalue weighted by Gasteiger charge is -2.11. The molecule has 2 heterocycles. The highest BCUT2D eigenvalue weighted by Gasteiger charge is 2.36. The molecule has 0 aliphatic rings. The molecule has 3 aromatic carbocycles. The molecular formula is C25H17F4N5O3. The lowest BCUT2D eigenvalue weighted by Crippen LogP contribution is -2.17. The average molecular weight is 511 g/mol. The number of aromatic nitrogens is 3. The number of aliphatic hydroxyl groups excluding tert-OH is 1. The summed E-state index contributed by atoms with van der Waals surface area (Å²) in [5.41, 5.74) is 5.68. The van der Waals surface area contributed by atoms with E-state index in [1.54, 1.807) is 24.3 Å². The third-order valence-corrected chi connectivity index (χ3v) is 5.67.